The van der Waals surface area contributed by atoms with Crippen LogP contribution < -0.4 is 20.3 Å². The fourth-order valence-electron chi connectivity index (χ4n) is 3.49. The molecule has 156 valence electrons. The lowest BCUT2D eigenvalue weighted by atomic mass is 10.0. The first-order chi connectivity index (χ1) is 14.1. The highest BCUT2D eigenvalue weighted by Crippen LogP contribution is 2.22. The van der Waals surface area contributed by atoms with Crippen LogP contribution in [0.15, 0.2) is 48.5 Å². The van der Waals surface area contributed by atoms with Crippen LogP contribution in [0.2, 0.25) is 0 Å². The van der Waals surface area contributed by atoms with E-state index >= 15 is 0 Å². The minimum absolute atomic E-state index is 0.0453. The molecule has 2 aromatic rings. The van der Waals surface area contributed by atoms with Crippen molar-refractivity contribution in [3.8, 4) is 5.75 Å². The molecule has 1 amide bonds. The van der Waals surface area contributed by atoms with Crippen molar-refractivity contribution in [2.45, 2.75) is 32.4 Å². The van der Waals surface area contributed by atoms with E-state index in [0.29, 0.717) is 0 Å². The van der Waals surface area contributed by atoms with Gasteiger partial charge in [-0.3, -0.25) is 10.1 Å². The zero-order valence-electron chi connectivity index (χ0n) is 17.5. The molecule has 29 heavy (non-hydrogen) atoms. The Labute approximate surface area is 173 Å². The summed E-state index contributed by atoms with van der Waals surface area (Å²) in [7, 11) is 1.66. The Kier molecular flexibility index (Phi) is 7.49. The van der Waals surface area contributed by atoms with Gasteiger partial charge in [-0.15, -0.1) is 0 Å². The first kappa shape index (κ1) is 21.1. The standard InChI is InChI=1S/C23H31N3O3/c1-4-22(18-5-11-21(28-3)12-6-18)24-17(2)23(27)25-19-7-9-20(10-8-19)26-13-15-29-16-14-26/h5-12,17,22,24H,4,13-16H2,1-3H3,(H,25,27)/t17-,22-/m1/s1. The number of benzene rings is 2. The molecule has 3 rings (SSSR count). The topological polar surface area (TPSA) is 62.8 Å². The van der Waals surface area contributed by atoms with Gasteiger partial charge in [0, 0.05) is 30.5 Å². The van der Waals surface area contributed by atoms with E-state index in [2.05, 4.69) is 22.5 Å². The minimum Gasteiger partial charge on any atom is -0.497 e. The maximum absolute atomic E-state index is 12.7. The summed E-state index contributed by atoms with van der Waals surface area (Å²) in [6, 6.07) is 15.7. The third-order valence-corrected chi connectivity index (χ3v) is 5.28. The Morgan fingerprint density at radius 3 is 2.34 bits per heavy atom. The molecule has 0 bridgehead atoms. The SMILES string of the molecule is CC[C@@H](N[C@H](C)C(=O)Nc1ccc(N2CCOCC2)cc1)c1ccc(OC)cc1. The van der Waals surface area contributed by atoms with Crippen LogP contribution in [0.3, 0.4) is 0 Å². The number of amides is 1. The third kappa shape index (κ3) is 5.71. The first-order valence-corrected chi connectivity index (χ1v) is 10.2. The molecular formula is C23H31N3O3. The molecule has 2 atom stereocenters. The predicted octanol–water partition coefficient (Wildman–Crippen LogP) is 3.60. The maximum atomic E-state index is 12.7. The van der Waals surface area contributed by atoms with Gasteiger partial charge in [0.2, 0.25) is 5.91 Å². The zero-order chi connectivity index (χ0) is 20.6. The fourth-order valence-corrected chi connectivity index (χ4v) is 3.49. The second-order valence-corrected chi connectivity index (χ2v) is 7.26. The summed E-state index contributed by atoms with van der Waals surface area (Å²) >= 11 is 0. The predicted molar refractivity (Wildman–Crippen MR) is 117 cm³/mol. The minimum atomic E-state index is -0.319. The second kappa shape index (κ2) is 10.3. The molecular weight excluding hydrogens is 366 g/mol. The van der Waals surface area contributed by atoms with Crippen LogP contribution in [0.25, 0.3) is 0 Å². The lowest BCUT2D eigenvalue weighted by molar-refractivity contribution is -0.118. The summed E-state index contributed by atoms with van der Waals surface area (Å²) in [5, 5.41) is 6.43. The van der Waals surface area contributed by atoms with E-state index < -0.39 is 0 Å². The monoisotopic (exact) mass is 397 g/mol. The van der Waals surface area contributed by atoms with Crippen LogP contribution in [0.1, 0.15) is 31.9 Å². The Morgan fingerprint density at radius 2 is 1.76 bits per heavy atom. The molecule has 6 nitrogen and oxygen atoms in total. The van der Waals surface area contributed by atoms with Crippen LogP contribution in [0.4, 0.5) is 11.4 Å². The van der Waals surface area contributed by atoms with Crippen LogP contribution in [0, 0.1) is 0 Å². The number of carbonyl (C=O) groups is 1. The largest absolute Gasteiger partial charge is 0.497 e. The van der Waals surface area contributed by atoms with Gasteiger partial charge in [0.1, 0.15) is 5.75 Å². The average Bonchev–Trinajstić information content (AvgIpc) is 2.78. The van der Waals surface area contributed by atoms with E-state index in [0.717, 1.165) is 55.4 Å². The summed E-state index contributed by atoms with van der Waals surface area (Å²) in [5.74, 6) is 0.783. The lowest BCUT2D eigenvalue weighted by Crippen LogP contribution is -2.40. The highest BCUT2D eigenvalue weighted by atomic mass is 16.5. The zero-order valence-corrected chi connectivity index (χ0v) is 17.5. The van der Waals surface area contributed by atoms with Crippen LogP contribution in [-0.2, 0) is 9.53 Å². The van der Waals surface area contributed by atoms with E-state index in [1.165, 1.54) is 0 Å². The van der Waals surface area contributed by atoms with Crippen molar-refractivity contribution in [2.24, 2.45) is 0 Å². The van der Waals surface area contributed by atoms with Crippen LogP contribution in [0.5, 0.6) is 5.75 Å². The number of rotatable bonds is 8. The van der Waals surface area contributed by atoms with E-state index in [9.17, 15) is 4.79 Å². The van der Waals surface area contributed by atoms with E-state index in [4.69, 9.17) is 9.47 Å². The molecule has 1 aliphatic heterocycles. The van der Waals surface area contributed by atoms with Crippen molar-refractivity contribution in [3.05, 3.63) is 54.1 Å². The number of nitrogens with zero attached hydrogens (tertiary/aromatic N) is 1. The van der Waals surface area contributed by atoms with Crippen LogP contribution >= 0.6 is 0 Å². The lowest BCUT2D eigenvalue weighted by Gasteiger charge is -2.29. The Hall–Kier alpha value is -2.57. The second-order valence-electron chi connectivity index (χ2n) is 7.26. The molecule has 0 aromatic heterocycles. The van der Waals surface area contributed by atoms with E-state index in [1.54, 1.807) is 7.11 Å². The highest BCUT2D eigenvalue weighted by Gasteiger charge is 2.18. The smallest absolute Gasteiger partial charge is 0.241 e. The summed E-state index contributed by atoms with van der Waals surface area (Å²) in [6.45, 7) is 7.32. The number of morpholine rings is 1. The maximum Gasteiger partial charge on any atom is 0.241 e. The van der Waals surface area contributed by atoms with Gasteiger partial charge in [0.15, 0.2) is 0 Å². The highest BCUT2D eigenvalue weighted by molar-refractivity contribution is 5.94. The summed E-state index contributed by atoms with van der Waals surface area (Å²) in [6.07, 6.45) is 0.887. The molecule has 6 heteroatoms. The van der Waals surface area contributed by atoms with Crippen molar-refractivity contribution < 1.29 is 14.3 Å². The molecule has 0 unspecified atom stereocenters. The van der Waals surface area contributed by atoms with Crippen molar-refractivity contribution >= 4 is 17.3 Å². The number of hydrogen-bond acceptors (Lipinski definition) is 5. The fraction of sp³-hybridized carbons (Fsp3) is 0.435. The van der Waals surface area contributed by atoms with Gasteiger partial charge in [-0.25, -0.2) is 0 Å². The molecule has 2 aromatic carbocycles. The van der Waals surface area contributed by atoms with Gasteiger partial charge in [0.05, 0.1) is 26.4 Å². The van der Waals surface area contributed by atoms with Gasteiger partial charge in [-0.2, -0.15) is 0 Å². The Bertz CT molecular complexity index is 771. The van der Waals surface area contributed by atoms with Gasteiger partial charge < -0.3 is 19.7 Å². The van der Waals surface area contributed by atoms with Gasteiger partial charge in [-0.1, -0.05) is 19.1 Å². The molecule has 0 radical (unpaired) electrons. The number of ether oxygens (including phenoxy) is 2. The number of hydrogen-bond donors (Lipinski definition) is 2. The van der Waals surface area contributed by atoms with Crippen molar-refractivity contribution in [2.75, 3.05) is 43.6 Å². The quantitative estimate of drug-likeness (QED) is 0.713. The molecule has 0 saturated carbocycles. The summed E-state index contributed by atoms with van der Waals surface area (Å²) in [4.78, 5) is 15.0. The number of nitrogens with one attached hydrogen (secondary N) is 2. The summed E-state index contributed by atoms with van der Waals surface area (Å²) in [5.41, 5.74) is 3.10. The number of anilines is 2. The number of methoxy groups -OCH3 is 1. The average molecular weight is 398 g/mol. The van der Waals surface area contributed by atoms with Crippen molar-refractivity contribution in [3.63, 3.8) is 0 Å². The van der Waals surface area contributed by atoms with Crippen molar-refractivity contribution in [1.82, 2.24) is 5.32 Å². The Balaban J connectivity index is 1.56. The first-order valence-electron chi connectivity index (χ1n) is 10.2. The van der Waals surface area contributed by atoms with Crippen molar-refractivity contribution in [1.29, 1.82) is 0 Å². The summed E-state index contributed by atoms with van der Waals surface area (Å²) < 4.78 is 10.6. The normalized spacial score (nSPS) is 16.2. The molecule has 0 aliphatic carbocycles. The van der Waals surface area contributed by atoms with E-state index in [-0.39, 0.29) is 18.0 Å². The number of carbonyl (C=O) groups excluding carboxylic acids is 1. The van der Waals surface area contributed by atoms with Gasteiger partial charge >= 0.3 is 0 Å². The molecule has 0 spiro atoms. The molecule has 1 aliphatic rings. The van der Waals surface area contributed by atoms with Gasteiger partial charge in [-0.05, 0) is 55.3 Å². The molecule has 2 N–H and O–H groups in total. The molecule has 1 fully saturated rings. The third-order valence-electron chi connectivity index (χ3n) is 5.28. The van der Waals surface area contributed by atoms with E-state index in [1.807, 2.05) is 55.5 Å². The van der Waals surface area contributed by atoms with Crippen LogP contribution in [-0.4, -0.2) is 45.4 Å². The molecule has 1 heterocycles. The molecule has 1 saturated heterocycles. The van der Waals surface area contributed by atoms with Gasteiger partial charge in [0.25, 0.3) is 0 Å². The Morgan fingerprint density at radius 1 is 1.10 bits per heavy atom.